The monoisotopic (exact) mass is 251 g/mol. The molecule has 0 N–H and O–H groups in total. The summed E-state index contributed by atoms with van der Waals surface area (Å²) in [4.78, 5) is 0. The molecule has 0 fully saturated rings. The minimum Gasteiger partial charge on any atom is -0.489 e. The zero-order valence-electron chi connectivity index (χ0n) is 8.41. The largest absolute Gasteiger partial charge is 0.489 e. The molecule has 2 aromatic carbocycles. The molecular formula is C13H9Cl2O. The van der Waals surface area contributed by atoms with Crippen molar-refractivity contribution in [2.45, 2.75) is 6.61 Å². The summed E-state index contributed by atoms with van der Waals surface area (Å²) < 4.78 is 5.56. The summed E-state index contributed by atoms with van der Waals surface area (Å²) in [5.41, 5.74) is 0.877. The van der Waals surface area contributed by atoms with Crippen LogP contribution < -0.4 is 4.74 Å². The van der Waals surface area contributed by atoms with Crippen LogP contribution in [0.25, 0.3) is 0 Å². The van der Waals surface area contributed by atoms with E-state index in [0.29, 0.717) is 16.7 Å². The maximum absolute atomic E-state index is 6.04. The van der Waals surface area contributed by atoms with Gasteiger partial charge in [0.25, 0.3) is 0 Å². The average molecular weight is 252 g/mol. The minimum absolute atomic E-state index is 0.406. The van der Waals surface area contributed by atoms with Gasteiger partial charge in [-0.2, -0.15) is 0 Å². The molecule has 0 saturated carbocycles. The van der Waals surface area contributed by atoms with Crippen LogP contribution in [-0.2, 0) is 6.61 Å². The van der Waals surface area contributed by atoms with E-state index >= 15 is 0 Å². The first-order valence-corrected chi connectivity index (χ1v) is 5.55. The van der Waals surface area contributed by atoms with Gasteiger partial charge in [-0.15, -0.1) is 0 Å². The standard InChI is InChI=1S/C13H9Cl2O/c14-12-8-4-5-10(13(12)15)9-16-11-6-2-1-3-7-11/h2-8H,9H2. The van der Waals surface area contributed by atoms with Crippen LogP contribution in [0, 0.1) is 6.07 Å². The van der Waals surface area contributed by atoms with Crippen molar-refractivity contribution in [2.24, 2.45) is 0 Å². The average Bonchev–Trinajstić information content (AvgIpc) is 2.32. The molecular weight excluding hydrogens is 243 g/mol. The van der Waals surface area contributed by atoms with Crippen molar-refractivity contribution < 1.29 is 4.74 Å². The molecule has 0 aliphatic heterocycles. The molecule has 0 aliphatic carbocycles. The second kappa shape index (κ2) is 5.24. The van der Waals surface area contributed by atoms with E-state index < -0.39 is 0 Å². The van der Waals surface area contributed by atoms with Gasteiger partial charge in [0.2, 0.25) is 0 Å². The summed E-state index contributed by atoms with van der Waals surface area (Å²) in [5, 5.41) is 1.09. The predicted octanol–water partition coefficient (Wildman–Crippen LogP) is 4.37. The molecule has 2 aromatic rings. The van der Waals surface area contributed by atoms with Crippen molar-refractivity contribution in [2.75, 3.05) is 0 Å². The maximum atomic E-state index is 6.04. The summed E-state index contributed by atoms with van der Waals surface area (Å²) in [7, 11) is 0. The van der Waals surface area contributed by atoms with Gasteiger partial charge in [0.15, 0.2) is 0 Å². The Labute approximate surface area is 105 Å². The SMILES string of the molecule is Clc1cccc(COc2cc[c]cc2)c1Cl. The highest BCUT2D eigenvalue weighted by Crippen LogP contribution is 2.26. The quantitative estimate of drug-likeness (QED) is 0.787. The highest BCUT2D eigenvalue weighted by atomic mass is 35.5. The molecule has 0 atom stereocenters. The Morgan fingerprint density at radius 2 is 1.81 bits per heavy atom. The molecule has 0 heterocycles. The topological polar surface area (TPSA) is 9.23 Å². The van der Waals surface area contributed by atoms with Gasteiger partial charge in [-0.3, -0.25) is 0 Å². The van der Waals surface area contributed by atoms with Gasteiger partial charge in [-0.1, -0.05) is 47.5 Å². The third-order valence-corrected chi connectivity index (χ3v) is 2.97. The normalized spacial score (nSPS) is 10.1. The van der Waals surface area contributed by atoms with Crippen LogP contribution in [0.2, 0.25) is 10.0 Å². The maximum Gasteiger partial charge on any atom is 0.119 e. The van der Waals surface area contributed by atoms with E-state index in [2.05, 4.69) is 6.07 Å². The van der Waals surface area contributed by atoms with Gasteiger partial charge < -0.3 is 4.74 Å². The molecule has 0 amide bonds. The summed E-state index contributed by atoms with van der Waals surface area (Å²) in [6, 6.07) is 15.7. The van der Waals surface area contributed by atoms with Gasteiger partial charge in [0.1, 0.15) is 12.4 Å². The van der Waals surface area contributed by atoms with Crippen molar-refractivity contribution in [3.63, 3.8) is 0 Å². The van der Waals surface area contributed by atoms with Gasteiger partial charge in [0, 0.05) is 5.56 Å². The molecule has 3 heteroatoms. The third kappa shape index (κ3) is 2.69. The second-order valence-electron chi connectivity index (χ2n) is 3.24. The summed E-state index contributed by atoms with van der Waals surface area (Å²) >= 11 is 11.9. The lowest BCUT2D eigenvalue weighted by atomic mass is 10.2. The van der Waals surface area contributed by atoms with E-state index in [4.69, 9.17) is 27.9 Å². The third-order valence-electron chi connectivity index (χ3n) is 2.11. The van der Waals surface area contributed by atoms with Gasteiger partial charge >= 0.3 is 0 Å². The smallest absolute Gasteiger partial charge is 0.119 e. The molecule has 0 spiro atoms. The molecule has 1 radical (unpaired) electrons. The van der Waals surface area contributed by atoms with Gasteiger partial charge in [-0.25, -0.2) is 0 Å². The van der Waals surface area contributed by atoms with E-state index in [1.807, 2.05) is 24.3 Å². The molecule has 0 aliphatic rings. The van der Waals surface area contributed by atoms with Crippen LogP contribution in [0.1, 0.15) is 5.56 Å². The summed E-state index contributed by atoms with van der Waals surface area (Å²) in [5.74, 6) is 0.787. The molecule has 16 heavy (non-hydrogen) atoms. The first-order chi connectivity index (χ1) is 7.77. The van der Waals surface area contributed by atoms with E-state index in [1.54, 1.807) is 18.2 Å². The molecule has 81 valence electrons. The van der Waals surface area contributed by atoms with Crippen molar-refractivity contribution in [3.8, 4) is 5.75 Å². The van der Waals surface area contributed by atoms with Crippen molar-refractivity contribution in [1.82, 2.24) is 0 Å². The lowest BCUT2D eigenvalue weighted by molar-refractivity contribution is 0.306. The summed E-state index contributed by atoms with van der Waals surface area (Å²) in [6.45, 7) is 0.406. The fourth-order valence-corrected chi connectivity index (χ4v) is 1.66. The lowest BCUT2D eigenvalue weighted by Gasteiger charge is -2.08. The molecule has 2 rings (SSSR count). The van der Waals surface area contributed by atoms with E-state index in [9.17, 15) is 0 Å². The number of hydrogen-bond acceptors (Lipinski definition) is 1. The highest BCUT2D eigenvalue weighted by molar-refractivity contribution is 6.42. The van der Waals surface area contributed by atoms with E-state index in [0.717, 1.165) is 11.3 Å². The zero-order chi connectivity index (χ0) is 11.4. The molecule has 0 bridgehead atoms. The van der Waals surface area contributed by atoms with E-state index in [-0.39, 0.29) is 0 Å². The number of halogens is 2. The molecule has 0 aromatic heterocycles. The second-order valence-corrected chi connectivity index (χ2v) is 4.02. The molecule has 1 nitrogen and oxygen atoms in total. The number of ether oxygens (including phenoxy) is 1. The van der Waals surface area contributed by atoms with Crippen LogP contribution in [0.3, 0.4) is 0 Å². The van der Waals surface area contributed by atoms with E-state index in [1.165, 1.54) is 0 Å². The summed E-state index contributed by atoms with van der Waals surface area (Å²) in [6.07, 6.45) is 0. The van der Waals surface area contributed by atoms with Crippen molar-refractivity contribution >= 4 is 23.2 Å². The van der Waals surface area contributed by atoms with Crippen molar-refractivity contribution in [3.05, 3.63) is 64.1 Å². The minimum atomic E-state index is 0.406. The predicted molar refractivity (Wildman–Crippen MR) is 66.1 cm³/mol. The Morgan fingerprint density at radius 3 is 2.56 bits per heavy atom. The van der Waals surface area contributed by atoms with Crippen LogP contribution in [-0.4, -0.2) is 0 Å². The van der Waals surface area contributed by atoms with Crippen LogP contribution in [0.4, 0.5) is 0 Å². The lowest BCUT2D eigenvalue weighted by Crippen LogP contribution is -1.96. The van der Waals surface area contributed by atoms with Crippen LogP contribution >= 0.6 is 23.2 Å². The molecule has 0 saturated heterocycles. The van der Waals surface area contributed by atoms with Gasteiger partial charge in [-0.05, 0) is 24.3 Å². The number of benzene rings is 2. The Hall–Kier alpha value is -1.18. The van der Waals surface area contributed by atoms with Crippen LogP contribution in [0.5, 0.6) is 5.75 Å². The van der Waals surface area contributed by atoms with Crippen molar-refractivity contribution in [1.29, 1.82) is 0 Å². The Kier molecular flexibility index (Phi) is 3.70. The fourth-order valence-electron chi connectivity index (χ4n) is 1.29. The first kappa shape index (κ1) is 11.3. The Balaban J connectivity index is 2.08. The zero-order valence-corrected chi connectivity index (χ0v) is 9.92. The molecule has 0 unspecified atom stereocenters. The van der Waals surface area contributed by atoms with Crippen LogP contribution in [0.15, 0.2) is 42.5 Å². The first-order valence-electron chi connectivity index (χ1n) is 4.79. The highest BCUT2D eigenvalue weighted by Gasteiger charge is 2.04. The Morgan fingerprint density at radius 1 is 1.06 bits per heavy atom. The Bertz CT molecular complexity index is 469. The number of hydrogen-bond donors (Lipinski definition) is 0. The number of rotatable bonds is 3. The fraction of sp³-hybridized carbons (Fsp3) is 0.0769. The van der Waals surface area contributed by atoms with Gasteiger partial charge in [0.05, 0.1) is 10.0 Å².